The quantitative estimate of drug-likeness (QED) is 0.793. The first kappa shape index (κ1) is 15.7. The smallest absolute Gasteiger partial charge is 0.231 e. The fraction of sp³-hybridized carbons (Fsp3) is 0.278. The number of hydrogen-bond acceptors (Lipinski definition) is 3. The van der Waals surface area contributed by atoms with E-state index in [4.69, 9.17) is 0 Å². The molecule has 1 aliphatic rings. The van der Waals surface area contributed by atoms with Crippen molar-refractivity contribution in [3.8, 4) is 11.1 Å². The SMILES string of the molecule is Cc1c(F)cncc1-c1ccc2nc(NC(=O)C3CC3F)c(C)n2c1. The number of nitrogens with one attached hydrogen (secondary N) is 1. The van der Waals surface area contributed by atoms with Crippen LogP contribution in [0.2, 0.25) is 0 Å². The fourth-order valence-corrected chi connectivity index (χ4v) is 2.88. The van der Waals surface area contributed by atoms with Gasteiger partial charge in [-0.15, -0.1) is 0 Å². The predicted octanol–water partition coefficient (Wildman–Crippen LogP) is 3.45. The van der Waals surface area contributed by atoms with Gasteiger partial charge in [0.1, 0.15) is 17.6 Å². The lowest BCUT2D eigenvalue weighted by Crippen LogP contribution is -2.16. The summed E-state index contributed by atoms with van der Waals surface area (Å²) < 4.78 is 28.6. The molecule has 5 nitrogen and oxygen atoms in total. The second-order valence-corrected chi connectivity index (χ2v) is 6.33. The minimum absolute atomic E-state index is 0.272. The largest absolute Gasteiger partial charge is 0.309 e. The topological polar surface area (TPSA) is 59.3 Å². The Hall–Kier alpha value is -2.83. The van der Waals surface area contributed by atoms with Gasteiger partial charge in [-0.2, -0.15) is 0 Å². The van der Waals surface area contributed by atoms with E-state index in [0.29, 0.717) is 22.6 Å². The molecule has 1 aliphatic carbocycles. The number of alkyl halides is 1. The number of imidazole rings is 1. The van der Waals surface area contributed by atoms with Crippen LogP contribution in [0.15, 0.2) is 30.7 Å². The number of anilines is 1. The number of pyridine rings is 2. The number of hydrogen-bond donors (Lipinski definition) is 1. The van der Waals surface area contributed by atoms with Crippen molar-refractivity contribution in [2.24, 2.45) is 5.92 Å². The van der Waals surface area contributed by atoms with Crippen LogP contribution in [0.3, 0.4) is 0 Å². The molecule has 3 aromatic rings. The van der Waals surface area contributed by atoms with Crippen LogP contribution >= 0.6 is 0 Å². The zero-order valence-electron chi connectivity index (χ0n) is 13.8. The molecule has 0 bridgehead atoms. The number of halogens is 2. The number of rotatable bonds is 3. The molecular weight excluding hydrogens is 326 g/mol. The highest BCUT2D eigenvalue weighted by atomic mass is 19.1. The summed E-state index contributed by atoms with van der Waals surface area (Å²) in [4.78, 5) is 20.2. The van der Waals surface area contributed by atoms with Crippen molar-refractivity contribution in [2.45, 2.75) is 26.4 Å². The van der Waals surface area contributed by atoms with E-state index in [0.717, 1.165) is 11.3 Å². The van der Waals surface area contributed by atoms with E-state index in [1.54, 1.807) is 19.2 Å². The monoisotopic (exact) mass is 342 g/mol. The lowest BCUT2D eigenvalue weighted by Gasteiger charge is -2.07. The number of aromatic nitrogens is 3. The summed E-state index contributed by atoms with van der Waals surface area (Å²) in [5.74, 6) is -0.862. The Kier molecular flexibility index (Phi) is 3.52. The lowest BCUT2D eigenvalue weighted by atomic mass is 10.0. The van der Waals surface area contributed by atoms with Gasteiger partial charge in [0.05, 0.1) is 17.8 Å². The van der Waals surface area contributed by atoms with Crippen LogP contribution < -0.4 is 5.32 Å². The van der Waals surface area contributed by atoms with E-state index in [-0.39, 0.29) is 18.1 Å². The van der Waals surface area contributed by atoms with Crippen molar-refractivity contribution in [3.63, 3.8) is 0 Å². The van der Waals surface area contributed by atoms with Crippen molar-refractivity contribution in [3.05, 3.63) is 47.8 Å². The predicted molar refractivity (Wildman–Crippen MR) is 89.5 cm³/mol. The molecule has 1 amide bonds. The molecule has 0 saturated heterocycles. The van der Waals surface area contributed by atoms with Gasteiger partial charge in [-0.25, -0.2) is 13.8 Å². The van der Waals surface area contributed by atoms with E-state index in [2.05, 4.69) is 15.3 Å². The molecule has 0 spiro atoms. The van der Waals surface area contributed by atoms with E-state index in [1.807, 2.05) is 23.6 Å². The molecule has 2 atom stereocenters. The van der Waals surface area contributed by atoms with E-state index < -0.39 is 12.1 Å². The summed E-state index contributed by atoms with van der Waals surface area (Å²) in [5, 5.41) is 2.69. The molecule has 2 unspecified atom stereocenters. The molecule has 4 rings (SSSR count). The van der Waals surface area contributed by atoms with Gasteiger partial charge in [0.25, 0.3) is 0 Å². The number of amides is 1. The Morgan fingerprint density at radius 3 is 2.80 bits per heavy atom. The van der Waals surface area contributed by atoms with Crippen LogP contribution in [-0.4, -0.2) is 26.4 Å². The van der Waals surface area contributed by atoms with E-state index in [1.165, 1.54) is 6.20 Å². The van der Waals surface area contributed by atoms with Gasteiger partial charge < -0.3 is 9.72 Å². The summed E-state index contributed by atoms with van der Waals surface area (Å²) in [6, 6.07) is 3.62. The first-order chi connectivity index (χ1) is 12.0. The Bertz CT molecular complexity index is 998. The van der Waals surface area contributed by atoms with Crippen LogP contribution in [0.1, 0.15) is 17.7 Å². The summed E-state index contributed by atoms with van der Waals surface area (Å²) in [6.45, 7) is 3.52. The van der Waals surface area contributed by atoms with Crippen LogP contribution in [0, 0.1) is 25.6 Å². The van der Waals surface area contributed by atoms with Crippen LogP contribution in [0.5, 0.6) is 0 Å². The van der Waals surface area contributed by atoms with Crippen LogP contribution in [-0.2, 0) is 4.79 Å². The maximum Gasteiger partial charge on any atom is 0.231 e. The molecule has 0 aliphatic heterocycles. The Morgan fingerprint density at radius 2 is 2.08 bits per heavy atom. The number of fused-ring (bicyclic) bond motifs is 1. The standard InChI is InChI=1S/C18H16F2N4O/c1-9-13(6-21-7-15(9)20)11-3-4-16-22-17(10(2)24(16)8-11)23-18(25)12-5-14(12)19/h3-4,6-8,12,14H,5H2,1-2H3,(H,23,25). The van der Waals surface area contributed by atoms with Gasteiger partial charge in [0, 0.05) is 23.5 Å². The zero-order valence-corrected chi connectivity index (χ0v) is 13.8. The molecule has 1 N–H and O–H groups in total. The Labute approximate surface area is 142 Å². The Morgan fingerprint density at radius 1 is 1.32 bits per heavy atom. The average molecular weight is 342 g/mol. The minimum atomic E-state index is -1.05. The molecule has 3 heterocycles. The maximum atomic E-state index is 13.8. The molecule has 3 aromatic heterocycles. The van der Waals surface area contributed by atoms with Crippen molar-refractivity contribution in [2.75, 3.05) is 5.32 Å². The molecule has 0 aromatic carbocycles. The zero-order chi connectivity index (χ0) is 17.7. The van der Waals surface area contributed by atoms with Crippen molar-refractivity contribution in [1.82, 2.24) is 14.4 Å². The molecule has 1 fully saturated rings. The second-order valence-electron chi connectivity index (χ2n) is 6.33. The number of nitrogens with zero attached hydrogens (tertiary/aromatic N) is 3. The molecule has 25 heavy (non-hydrogen) atoms. The van der Waals surface area contributed by atoms with Gasteiger partial charge in [-0.1, -0.05) is 0 Å². The van der Waals surface area contributed by atoms with Gasteiger partial charge in [0.15, 0.2) is 5.82 Å². The summed E-state index contributed by atoms with van der Waals surface area (Å²) >= 11 is 0. The number of aryl methyl sites for hydroxylation is 1. The van der Waals surface area contributed by atoms with E-state index >= 15 is 0 Å². The molecule has 1 saturated carbocycles. The van der Waals surface area contributed by atoms with Crippen molar-refractivity contribution in [1.29, 1.82) is 0 Å². The average Bonchev–Trinajstić information content (AvgIpc) is 3.25. The molecule has 7 heteroatoms. The highest BCUT2D eigenvalue weighted by Gasteiger charge is 2.44. The molecule has 0 radical (unpaired) electrons. The maximum absolute atomic E-state index is 13.8. The van der Waals surface area contributed by atoms with Crippen molar-refractivity contribution < 1.29 is 13.6 Å². The third-order valence-corrected chi connectivity index (χ3v) is 4.61. The first-order valence-corrected chi connectivity index (χ1v) is 8.00. The van der Waals surface area contributed by atoms with Gasteiger partial charge >= 0.3 is 0 Å². The van der Waals surface area contributed by atoms with Crippen molar-refractivity contribution >= 4 is 17.4 Å². The van der Waals surface area contributed by atoms with E-state index in [9.17, 15) is 13.6 Å². The highest BCUT2D eigenvalue weighted by molar-refractivity contribution is 5.94. The summed E-state index contributed by atoms with van der Waals surface area (Å²) in [7, 11) is 0. The molecular formula is C18H16F2N4O. The first-order valence-electron chi connectivity index (χ1n) is 8.00. The highest BCUT2D eigenvalue weighted by Crippen LogP contribution is 2.35. The fourth-order valence-electron chi connectivity index (χ4n) is 2.88. The van der Waals surface area contributed by atoms with Gasteiger partial charge in [0.2, 0.25) is 5.91 Å². The van der Waals surface area contributed by atoms with Crippen LogP contribution in [0.4, 0.5) is 14.6 Å². The second kappa shape index (κ2) is 5.61. The third-order valence-electron chi connectivity index (χ3n) is 4.61. The minimum Gasteiger partial charge on any atom is -0.309 e. The Balaban J connectivity index is 1.72. The lowest BCUT2D eigenvalue weighted by molar-refractivity contribution is -0.117. The van der Waals surface area contributed by atoms with Crippen LogP contribution in [0.25, 0.3) is 16.8 Å². The van der Waals surface area contributed by atoms with Gasteiger partial charge in [-0.3, -0.25) is 9.78 Å². The third kappa shape index (κ3) is 2.65. The molecule has 128 valence electrons. The van der Waals surface area contributed by atoms with Gasteiger partial charge in [-0.05, 0) is 38.0 Å². The number of carbonyl (C=O) groups excluding carboxylic acids is 1. The summed E-state index contributed by atoms with van der Waals surface area (Å²) in [5.41, 5.74) is 3.37. The summed E-state index contributed by atoms with van der Waals surface area (Å²) in [6.07, 6.45) is 3.85. The number of carbonyl (C=O) groups is 1. The normalized spacial score (nSPS) is 19.2.